The van der Waals surface area contributed by atoms with E-state index in [4.69, 9.17) is 21.1 Å². The molecule has 1 unspecified atom stereocenters. The monoisotopic (exact) mass is 362 g/mol. The van der Waals surface area contributed by atoms with Crippen molar-refractivity contribution in [3.8, 4) is 11.8 Å². The highest BCUT2D eigenvalue weighted by atomic mass is 35.5. The average Bonchev–Trinajstić information content (AvgIpc) is 2.64. The SMILES string of the molecule is COc1cncc(OC2CCCN(C(=O)Nc3ccc(Cl)cc3)C2)n1. The van der Waals surface area contributed by atoms with E-state index >= 15 is 0 Å². The second-order valence-electron chi connectivity index (χ2n) is 5.66. The van der Waals surface area contributed by atoms with E-state index < -0.39 is 0 Å². The molecule has 0 aliphatic carbocycles. The van der Waals surface area contributed by atoms with Crippen LogP contribution in [0.4, 0.5) is 10.5 Å². The third-order valence-corrected chi connectivity index (χ3v) is 4.10. The van der Waals surface area contributed by atoms with Gasteiger partial charge in [-0.25, -0.2) is 4.79 Å². The summed E-state index contributed by atoms with van der Waals surface area (Å²) in [5.41, 5.74) is 0.705. The average molecular weight is 363 g/mol. The third-order valence-electron chi connectivity index (χ3n) is 3.85. The largest absolute Gasteiger partial charge is 0.480 e. The summed E-state index contributed by atoms with van der Waals surface area (Å²) in [6.07, 6.45) is 4.63. The van der Waals surface area contributed by atoms with E-state index in [0.717, 1.165) is 12.8 Å². The van der Waals surface area contributed by atoms with Crippen LogP contribution in [-0.2, 0) is 0 Å². The van der Waals surface area contributed by atoms with Crippen LogP contribution in [-0.4, -0.2) is 47.2 Å². The summed E-state index contributed by atoms with van der Waals surface area (Å²) in [6.45, 7) is 1.17. The van der Waals surface area contributed by atoms with Crippen molar-refractivity contribution in [2.75, 3.05) is 25.5 Å². The number of hydrogen-bond acceptors (Lipinski definition) is 5. The predicted molar refractivity (Wildman–Crippen MR) is 94.3 cm³/mol. The highest BCUT2D eigenvalue weighted by Crippen LogP contribution is 2.19. The molecule has 1 fully saturated rings. The lowest BCUT2D eigenvalue weighted by atomic mass is 10.1. The fourth-order valence-electron chi connectivity index (χ4n) is 2.61. The Bertz CT molecular complexity index is 726. The van der Waals surface area contributed by atoms with E-state index in [1.165, 1.54) is 19.5 Å². The lowest BCUT2D eigenvalue weighted by molar-refractivity contribution is 0.101. The zero-order valence-corrected chi connectivity index (χ0v) is 14.6. The Morgan fingerprint density at radius 2 is 2.04 bits per heavy atom. The Morgan fingerprint density at radius 3 is 2.80 bits per heavy atom. The number of halogens is 1. The number of carbonyl (C=O) groups excluding carboxylic acids is 1. The van der Waals surface area contributed by atoms with Gasteiger partial charge >= 0.3 is 6.03 Å². The van der Waals surface area contributed by atoms with Crippen LogP contribution >= 0.6 is 11.6 Å². The molecule has 1 N–H and O–H groups in total. The number of methoxy groups -OCH3 is 1. The molecule has 1 atom stereocenters. The lowest BCUT2D eigenvalue weighted by Crippen LogP contribution is -2.46. The summed E-state index contributed by atoms with van der Waals surface area (Å²) in [4.78, 5) is 22.4. The summed E-state index contributed by atoms with van der Waals surface area (Å²) in [6, 6.07) is 6.85. The zero-order valence-electron chi connectivity index (χ0n) is 13.8. The van der Waals surface area contributed by atoms with Crippen LogP contribution in [0.15, 0.2) is 36.7 Å². The fourth-order valence-corrected chi connectivity index (χ4v) is 2.74. The zero-order chi connectivity index (χ0) is 17.6. The molecular weight excluding hydrogens is 344 g/mol. The number of urea groups is 1. The molecule has 3 rings (SSSR count). The number of rotatable bonds is 4. The van der Waals surface area contributed by atoms with Crippen molar-refractivity contribution >= 4 is 23.3 Å². The topological polar surface area (TPSA) is 76.6 Å². The maximum absolute atomic E-state index is 12.4. The minimum absolute atomic E-state index is 0.133. The second kappa shape index (κ2) is 8.02. The van der Waals surface area contributed by atoms with Crippen LogP contribution < -0.4 is 14.8 Å². The summed E-state index contributed by atoms with van der Waals surface area (Å²) >= 11 is 5.86. The first-order chi connectivity index (χ1) is 12.1. The molecule has 1 aliphatic rings. The van der Waals surface area contributed by atoms with E-state index in [2.05, 4.69) is 15.3 Å². The van der Waals surface area contributed by atoms with E-state index in [-0.39, 0.29) is 12.1 Å². The normalized spacial score (nSPS) is 17.0. The molecule has 0 saturated carbocycles. The Kier molecular flexibility index (Phi) is 5.55. The molecule has 1 aromatic carbocycles. The van der Waals surface area contributed by atoms with Crippen molar-refractivity contribution in [3.05, 3.63) is 41.7 Å². The Hall–Kier alpha value is -2.54. The van der Waals surface area contributed by atoms with Crippen LogP contribution in [0.1, 0.15) is 12.8 Å². The number of likely N-dealkylation sites (tertiary alicyclic amines) is 1. The number of benzene rings is 1. The Balaban J connectivity index is 1.58. The first-order valence-corrected chi connectivity index (χ1v) is 8.36. The molecule has 8 heteroatoms. The first-order valence-electron chi connectivity index (χ1n) is 7.98. The van der Waals surface area contributed by atoms with Gasteiger partial charge in [0, 0.05) is 17.3 Å². The van der Waals surface area contributed by atoms with Gasteiger partial charge in [0.25, 0.3) is 0 Å². The number of hydrogen-bond donors (Lipinski definition) is 1. The standard InChI is InChI=1S/C17H19ClN4O3/c1-24-15-9-19-10-16(21-15)25-14-3-2-8-22(11-14)17(23)20-13-6-4-12(18)5-7-13/h4-7,9-10,14H,2-3,8,11H2,1H3,(H,20,23). The van der Waals surface area contributed by atoms with Gasteiger partial charge in [-0.05, 0) is 37.1 Å². The lowest BCUT2D eigenvalue weighted by Gasteiger charge is -2.32. The van der Waals surface area contributed by atoms with Crippen LogP contribution in [0.5, 0.6) is 11.8 Å². The van der Waals surface area contributed by atoms with Crippen LogP contribution in [0.2, 0.25) is 5.02 Å². The molecule has 0 radical (unpaired) electrons. The molecule has 0 spiro atoms. The van der Waals surface area contributed by atoms with Crippen LogP contribution in [0.25, 0.3) is 0 Å². The molecule has 2 aromatic rings. The minimum atomic E-state index is -0.160. The van der Waals surface area contributed by atoms with Crippen molar-refractivity contribution in [2.45, 2.75) is 18.9 Å². The van der Waals surface area contributed by atoms with Gasteiger partial charge in [0.1, 0.15) is 6.10 Å². The number of nitrogens with zero attached hydrogens (tertiary/aromatic N) is 3. The second-order valence-corrected chi connectivity index (χ2v) is 6.10. The minimum Gasteiger partial charge on any atom is -0.480 e. The predicted octanol–water partition coefficient (Wildman–Crippen LogP) is 3.21. The molecule has 2 amide bonds. The smallest absolute Gasteiger partial charge is 0.321 e. The van der Waals surface area contributed by atoms with E-state index in [0.29, 0.717) is 35.6 Å². The number of ether oxygens (including phenoxy) is 2. The highest BCUT2D eigenvalue weighted by molar-refractivity contribution is 6.30. The Morgan fingerprint density at radius 1 is 1.28 bits per heavy atom. The summed E-state index contributed by atoms with van der Waals surface area (Å²) in [5.74, 6) is 0.787. The molecule has 25 heavy (non-hydrogen) atoms. The van der Waals surface area contributed by atoms with E-state index in [9.17, 15) is 4.79 Å². The third kappa shape index (κ3) is 4.73. The number of anilines is 1. The molecule has 7 nitrogen and oxygen atoms in total. The van der Waals surface area contributed by atoms with Gasteiger partial charge in [0.05, 0.1) is 26.0 Å². The maximum Gasteiger partial charge on any atom is 0.321 e. The van der Waals surface area contributed by atoms with Gasteiger partial charge < -0.3 is 19.7 Å². The van der Waals surface area contributed by atoms with E-state index in [1.807, 2.05) is 0 Å². The molecule has 1 saturated heterocycles. The van der Waals surface area contributed by atoms with E-state index in [1.54, 1.807) is 29.2 Å². The van der Waals surface area contributed by atoms with Gasteiger partial charge in [-0.1, -0.05) is 11.6 Å². The van der Waals surface area contributed by atoms with Gasteiger partial charge in [0.15, 0.2) is 0 Å². The summed E-state index contributed by atoms with van der Waals surface area (Å²) in [5, 5.41) is 3.49. The number of amides is 2. The molecule has 2 heterocycles. The van der Waals surface area contributed by atoms with Gasteiger partial charge in [0.2, 0.25) is 11.8 Å². The summed E-state index contributed by atoms with van der Waals surface area (Å²) < 4.78 is 10.9. The van der Waals surface area contributed by atoms with Crippen molar-refractivity contribution in [3.63, 3.8) is 0 Å². The van der Waals surface area contributed by atoms with Crippen molar-refractivity contribution in [1.82, 2.24) is 14.9 Å². The molecule has 132 valence electrons. The molecular formula is C17H19ClN4O3. The summed E-state index contributed by atoms with van der Waals surface area (Å²) in [7, 11) is 1.53. The number of nitrogens with one attached hydrogen (secondary N) is 1. The quantitative estimate of drug-likeness (QED) is 0.903. The molecule has 1 aliphatic heterocycles. The van der Waals surface area contributed by atoms with Gasteiger partial charge in [-0.15, -0.1) is 0 Å². The number of piperidine rings is 1. The van der Waals surface area contributed by atoms with Crippen molar-refractivity contribution in [1.29, 1.82) is 0 Å². The van der Waals surface area contributed by atoms with Crippen molar-refractivity contribution in [2.24, 2.45) is 0 Å². The number of aromatic nitrogens is 2. The van der Waals surface area contributed by atoms with Crippen LogP contribution in [0.3, 0.4) is 0 Å². The Labute approximate surface area is 150 Å². The highest BCUT2D eigenvalue weighted by Gasteiger charge is 2.25. The first kappa shape index (κ1) is 17.3. The fraction of sp³-hybridized carbons (Fsp3) is 0.353. The number of carbonyl (C=O) groups is 1. The molecule has 0 bridgehead atoms. The van der Waals surface area contributed by atoms with Crippen LogP contribution in [0, 0.1) is 0 Å². The maximum atomic E-state index is 12.4. The van der Waals surface area contributed by atoms with Gasteiger partial charge in [-0.2, -0.15) is 4.98 Å². The van der Waals surface area contributed by atoms with Gasteiger partial charge in [-0.3, -0.25) is 4.98 Å². The van der Waals surface area contributed by atoms with Crippen molar-refractivity contribution < 1.29 is 14.3 Å². The molecule has 1 aromatic heterocycles.